The Morgan fingerprint density at radius 3 is 2.32 bits per heavy atom. The summed E-state index contributed by atoms with van der Waals surface area (Å²) in [6.45, 7) is 2.83. The van der Waals surface area contributed by atoms with Gasteiger partial charge in [0.05, 0.1) is 23.2 Å². The lowest BCUT2D eigenvalue weighted by atomic mass is 10.0. The lowest BCUT2D eigenvalue weighted by Crippen LogP contribution is -2.08. The van der Waals surface area contributed by atoms with E-state index < -0.39 is 5.97 Å². The Morgan fingerprint density at radius 2 is 1.58 bits per heavy atom. The van der Waals surface area contributed by atoms with Crippen molar-refractivity contribution in [2.45, 2.75) is 13.5 Å². The molecule has 152 valence electrons. The summed E-state index contributed by atoms with van der Waals surface area (Å²) in [5.74, 6) is -0.401. The number of carbonyl (C=O) groups is 1. The standard InChI is InChI=1S/C27H22N2O2/c1-2-31-27(30)23-17-22(20-13-7-4-8-14-20)26-25(28-23)21-15-9-10-16-24(21)29(26)18-19-11-5-3-6-12-19/h3-17H,2,18H2,1H3. The Balaban J connectivity index is 1.86. The molecule has 0 spiro atoms. The van der Waals surface area contributed by atoms with Crippen molar-refractivity contribution in [1.82, 2.24) is 9.55 Å². The zero-order valence-electron chi connectivity index (χ0n) is 17.3. The molecule has 2 heterocycles. The quantitative estimate of drug-likeness (QED) is 0.332. The first-order valence-corrected chi connectivity index (χ1v) is 10.4. The van der Waals surface area contributed by atoms with E-state index in [0.717, 1.165) is 33.1 Å². The highest BCUT2D eigenvalue weighted by atomic mass is 16.5. The Kier molecular flexibility index (Phi) is 4.97. The highest BCUT2D eigenvalue weighted by Gasteiger charge is 2.20. The molecule has 0 saturated carbocycles. The molecule has 2 aromatic heterocycles. The van der Waals surface area contributed by atoms with Crippen LogP contribution in [-0.2, 0) is 11.3 Å². The molecule has 0 aliphatic heterocycles. The maximum atomic E-state index is 12.6. The number of hydrogen-bond acceptors (Lipinski definition) is 3. The molecule has 4 nitrogen and oxygen atoms in total. The van der Waals surface area contributed by atoms with Crippen molar-refractivity contribution in [2.24, 2.45) is 0 Å². The van der Waals surface area contributed by atoms with Crippen molar-refractivity contribution in [1.29, 1.82) is 0 Å². The zero-order valence-corrected chi connectivity index (χ0v) is 17.3. The van der Waals surface area contributed by atoms with Gasteiger partial charge in [0.15, 0.2) is 0 Å². The van der Waals surface area contributed by atoms with Crippen molar-refractivity contribution < 1.29 is 9.53 Å². The highest BCUT2D eigenvalue weighted by molar-refractivity contribution is 6.12. The smallest absolute Gasteiger partial charge is 0.356 e. The minimum atomic E-state index is -0.401. The first-order chi connectivity index (χ1) is 15.3. The van der Waals surface area contributed by atoms with E-state index in [9.17, 15) is 4.79 Å². The maximum absolute atomic E-state index is 12.6. The third-order valence-corrected chi connectivity index (χ3v) is 5.47. The van der Waals surface area contributed by atoms with Crippen molar-refractivity contribution in [2.75, 3.05) is 6.61 Å². The second-order valence-corrected chi connectivity index (χ2v) is 7.43. The van der Waals surface area contributed by atoms with Gasteiger partial charge in [0.1, 0.15) is 5.69 Å². The fourth-order valence-corrected chi connectivity index (χ4v) is 4.11. The van der Waals surface area contributed by atoms with E-state index in [0.29, 0.717) is 18.8 Å². The number of nitrogens with zero attached hydrogens (tertiary/aromatic N) is 2. The van der Waals surface area contributed by atoms with E-state index >= 15 is 0 Å². The van der Waals surface area contributed by atoms with Crippen LogP contribution in [0.15, 0.2) is 91.0 Å². The summed E-state index contributed by atoms with van der Waals surface area (Å²) in [5.41, 5.74) is 6.47. The van der Waals surface area contributed by atoms with Crippen LogP contribution in [0.5, 0.6) is 0 Å². The van der Waals surface area contributed by atoms with Crippen molar-refractivity contribution in [3.8, 4) is 11.1 Å². The average molecular weight is 406 g/mol. The molecule has 5 aromatic rings. The SMILES string of the molecule is CCOC(=O)c1cc(-c2ccccc2)c2c(n1)c1ccccc1n2Cc1ccccc1. The van der Waals surface area contributed by atoms with Gasteiger partial charge in [0.25, 0.3) is 0 Å². The molecule has 0 N–H and O–H groups in total. The van der Waals surface area contributed by atoms with Gasteiger partial charge in [-0.3, -0.25) is 0 Å². The van der Waals surface area contributed by atoms with Gasteiger partial charge < -0.3 is 9.30 Å². The molecule has 0 saturated heterocycles. The van der Waals surface area contributed by atoms with E-state index in [-0.39, 0.29) is 0 Å². The van der Waals surface area contributed by atoms with E-state index in [1.54, 1.807) is 6.92 Å². The summed E-state index contributed by atoms with van der Waals surface area (Å²) in [6.07, 6.45) is 0. The molecule has 31 heavy (non-hydrogen) atoms. The largest absolute Gasteiger partial charge is 0.461 e. The first-order valence-electron chi connectivity index (χ1n) is 10.4. The fraction of sp³-hybridized carbons (Fsp3) is 0.111. The van der Waals surface area contributed by atoms with Crippen LogP contribution in [0.25, 0.3) is 33.1 Å². The van der Waals surface area contributed by atoms with Crippen LogP contribution in [0.3, 0.4) is 0 Å². The van der Waals surface area contributed by atoms with Gasteiger partial charge in [0, 0.05) is 17.5 Å². The average Bonchev–Trinajstić information content (AvgIpc) is 3.13. The third-order valence-electron chi connectivity index (χ3n) is 5.47. The molecule has 0 unspecified atom stereocenters. The normalized spacial score (nSPS) is 11.1. The van der Waals surface area contributed by atoms with Crippen LogP contribution in [0.1, 0.15) is 23.0 Å². The lowest BCUT2D eigenvalue weighted by molar-refractivity contribution is 0.0520. The summed E-state index contributed by atoms with van der Waals surface area (Å²) in [4.78, 5) is 17.4. The summed E-state index contributed by atoms with van der Waals surface area (Å²) in [5, 5.41) is 1.02. The van der Waals surface area contributed by atoms with Crippen LogP contribution in [-0.4, -0.2) is 22.1 Å². The van der Waals surface area contributed by atoms with Gasteiger partial charge >= 0.3 is 5.97 Å². The molecule has 0 atom stereocenters. The predicted molar refractivity (Wildman–Crippen MR) is 124 cm³/mol. The molecule has 0 bridgehead atoms. The molecule has 5 rings (SSSR count). The summed E-state index contributed by atoms with van der Waals surface area (Å²) in [6, 6.07) is 30.6. The molecule has 0 aliphatic carbocycles. The van der Waals surface area contributed by atoms with Gasteiger partial charge in [-0.15, -0.1) is 0 Å². The van der Waals surface area contributed by atoms with Crippen LogP contribution >= 0.6 is 0 Å². The molecular formula is C27H22N2O2. The van der Waals surface area contributed by atoms with Crippen molar-refractivity contribution in [3.63, 3.8) is 0 Å². The highest BCUT2D eigenvalue weighted by Crippen LogP contribution is 2.36. The Labute approximate surface area is 180 Å². The van der Waals surface area contributed by atoms with E-state index in [4.69, 9.17) is 9.72 Å². The number of hydrogen-bond donors (Lipinski definition) is 0. The predicted octanol–water partition coefficient (Wildman–Crippen LogP) is 6.08. The van der Waals surface area contributed by atoms with Crippen molar-refractivity contribution >= 4 is 27.9 Å². The number of carbonyl (C=O) groups excluding carboxylic acids is 1. The Morgan fingerprint density at radius 1 is 0.903 bits per heavy atom. The topological polar surface area (TPSA) is 44.1 Å². The summed E-state index contributed by atoms with van der Waals surface area (Å²) in [7, 11) is 0. The van der Waals surface area contributed by atoms with Gasteiger partial charge in [-0.1, -0.05) is 78.9 Å². The van der Waals surface area contributed by atoms with Crippen LogP contribution in [0.2, 0.25) is 0 Å². The number of benzene rings is 3. The fourth-order valence-electron chi connectivity index (χ4n) is 4.11. The van der Waals surface area contributed by atoms with Gasteiger partial charge in [-0.05, 0) is 30.2 Å². The molecular weight excluding hydrogens is 384 g/mol. The molecule has 0 aliphatic rings. The van der Waals surface area contributed by atoms with Gasteiger partial charge in [-0.2, -0.15) is 0 Å². The van der Waals surface area contributed by atoms with Gasteiger partial charge in [-0.25, -0.2) is 9.78 Å². The molecule has 3 aromatic carbocycles. The van der Waals surface area contributed by atoms with Crippen molar-refractivity contribution in [3.05, 3.63) is 102 Å². The van der Waals surface area contributed by atoms with Crippen LogP contribution < -0.4 is 0 Å². The Bertz CT molecular complexity index is 1370. The number of fused-ring (bicyclic) bond motifs is 3. The third kappa shape index (κ3) is 3.46. The molecule has 0 amide bonds. The second-order valence-electron chi connectivity index (χ2n) is 7.43. The van der Waals surface area contributed by atoms with E-state index in [2.05, 4.69) is 53.1 Å². The second kappa shape index (κ2) is 8.07. The minimum absolute atomic E-state index is 0.314. The summed E-state index contributed by atoms with van der Waals surface area (Å²) < 4.78 is 7.57. The van der Waals surface area contributed by atoms with Gasteiger partial charge in [0.2, 0.25) is 0 Å². The van der Waals surface area contributed by atoms with E-state index in [1.807, 2.05) is 42.5 Å². The van der Waals surface area contributed by atoms with E-state index in [1.165, 1.54) is 5.56 Å². The Hall–Kier alpha value is -3.92. The zero-order chi connectivity index (χ0) is 21.2. The number of ether oxygens (including phenoxy) is 1. The number of rotatable bonds is 5. The monoisotopic (exact) mass is 406 g/mol. The molecule has 4 heteroatoms. The minimum Gasteiger partial charge on any atom is -0.461 e. The molecule has 0 fully saturated rings. The number of aromatic nitrogens is 2. The van der Waals surface area contributed by atoms with Crippen LogP contribution in [0.4, 0.5) is 0 Å². The first kappa shape index (κ1) is 19.1. The lowest BCUT2D eigenvalue weighted by Gasteiger charge is -2.12. The number of pyridine rings is 1. The summed E-state index contributed by atoms with van der Waals surface area (Å²) >= 11 is 0. The maximum Gasteiger partial charge on any atom is 0.356 e. The van der Waals surface area contributed by atoms with Crippen LogP contribution in [0, 0.1) is 0 Å². The number of para-hydroxylation sites is 1. The molecule has 0 radical (unpaired) electrons. The number of esters is 1.